The van der Waals surface area contributed by atoms with Gasteiger partial charge in [0.25, 0.3) is 0 Å². The topological polar surface area (TPSA) is 87.7 Å². The highest BCUT2D eigenvalue weighted by Gasteiger charge is 2.27. The highest BCUT2D eigenvalue weighted by Crippen LogP contribution is 2.22. The molecule has 0 bridgehead atoms. The molecule has 1 aliphatic heterocycles. The van der Waals surface area contributed by atoms with Gasteiger partial charge in [0.2, 0.25) is 11.8 Å². The smallest absolute Gasteiger partial charge is 0.410 e. The van der Waals surface area contributed by atoms with E-state index in [0.29, 0.717) is 38.5 Å². The molecule has 2 aliphatic rings. The first-order chi connectivity index (χ1) is 13.2. The quantitative estimate of drug-likeness (QED) is 0.724. The van der Waals surface area contributed by atoms with Crippen molar-refractivity contribution in [2.45, 2.75) is 90.2 Å². The largest absolute Gasteiger partial charge is 0.444 e. The van der Waals surface area contributed by atoms with Gasteiger partial charge in [-0.15, -0.1) is 0 Å². The van der Waals surface area contributed by atoms with E-state index >= 15 is 0 Å². The summed E-state index contributed by atoms with van der Waals surface area (Å²) in [6.45, 7) is 7.20. The molecule has 1 saturated carbocycles. The summed E-state index contributed by atoms with van der Waals surface area (Å²) in [6.07, 6.45) is 7.89. The van der Waals surface area contributed by atoms with Gasteiger partial charge in [-0.1, -0.05) is 19.3 Å². The highest BCUT2D eigenvalue weighted by molar-refractivity contribution is 5.79. The fourth-order valence-electron chi connectivity index (χ4n) is 3.84. The monoisotopic (exact) mass is 395 g/mol. The molecule has 0 radical (unpaired) electrons. The molecule has 2 fully saturated rings. The summed E-state index contributed by atoms with van der Waals surface area (Å²) < 4.78 is 5.39. The summed E-state index contributed by atoms with van der Waals surface area (Å²) in [6, 6.07) is 0.312. The van der Waals surface area contributed by atoms with Crippen LogP contribution in [-0.4, -0.2) is 54.1 Å². The lowest BCUT2D eigenvalue weighted by Gasteiger charge is -2.33. The van der Waals surface area contributed by atoms with Gasteiger partial charge >= 0.3 is 6.09 Å². The molecule has 28 heavy (non-hydrogen) atoms. The van der Waals surface area contributed by atoms with Gasteiger partial charge in [-0.2, -0.15) is 0 Å². The predicted octanol–water partition coefficient (Wildman–Crippen LogP) is 2.98. The lowest BCUT2D eigenvalue weighted by atomic mass is 9.93. The Hall–Kier alpha value is -1.79. The number of hydrogen-bond acceptors (Lipinski definition) is 4. The van der Waals surface area contributed by atoms with E-state index < -0.39 is 5.60 Å². The fourth-order valence-corrected chi connectivity index (χ4v) is 3.84. The van der Waals surface area contributed by atoms with Gasteiger partial charge in [-0.05, 0) is 52.4 Å². The molecular weight excluding hydrogens is 358 g/mol. The number of rotatable bonds is 6. The lowest BCUT2D eigenvalue weighted by Crippen LogP contribution is -2.42. The van der Waals surface area contributed by atoms with Gasteiger partial charge in [-0.3, -0.25) is 9.59 Å². The van der Waals surface area contributed by atoms with Gasteiger partial charge in [0.1, 0.15) is 5.60 Å². The van der Waals surface area contributed by atoms with Crippen LogP contribution in [0.15, 0.2) is 0 Å². The lowest BCUT2D eigenvalue weighted by molar-refractivity contribution is -0.123. The molecule has 0 aromatic carbocycles. The van der Waals surface area contributed by atoms with E-state index in [1.807, 2.05) is 20.8 Å². The van der Waals surface area contributed by atoms with Crippen molar-refractivity contribution < 1.29 is 19.1 Å². The molecule has 2 rings (SSSR count). The maximum absolute atomic E-state index is 12.1. The van der Waals surface area contributed by atoms with Crippen LogP contribution in [0, 0.1) is 5.92 Å². The second-order valence-electron chi connectivity index (χ2n) is 9.12. The standard InChI is InChI=1S/C21H37N3O4/c1-21(2,3)28-20(27)24-13-10-16(11-14-24)15-19(26)22-12-9-18(25)23-17-7-5-4-6-8-17/h16-17H,4-15H2,1-3H3,(H,22,26)(H,23,25). The first kappa shape index (κ1) is 22.5. The molecule has 160 valence electrons. The minimum Gasteiger partial charge on any atom is -0.444 e. The second-order valence-corrected chi connectivity index (χ2v) is 9.12. The summed E-state index contributed by atoms with van der Waals surface area (Å²) in [5, 5.41) is 5.92. The average molecular weight is 396 g/mol. The predicted molar refractivity (Wildman–Crippen MR) is 108 cm³/mol. The fraction of sp³-hybridized carbons (Fsp3) is 0.857. The van der Waals surface area contributed by atoms with Crippen LogP contribution in [0.5, 0.6) is 0 Å². The molecule has 0 atom stereocenters. The van der Waals surface area contributed by atoms with Crippen molar-refractivity contribution in [1.29, 1.82) is 0 Å². The van der Waals surface area contributed by atoms with E-state index in [9.17, 15) is 14.4 Å². The number of ether oxygens (including phenoxy) is 1. The first-order valence-electron chi connectivity index (χ1n) is 10.8. The molecule has 7 nitrogen and oxygen atoms in total. The van der Waals surface area contributed by atoms with Crippen LogP contribution in [0.2, 0.25) is 0 Å². The van der Waals surface area contributed by atoms with Gasteiger partial charge in [0, 0.05) is 38.5 Å². The Bertz CT molecular complexity index is 530. The van der Waals surface area contributed by atoms with Crippen LogP contribution >= 0.6 is 0 Å². The number of amides is 3. The number of nitrogens with zero attached hydrogens (tertiary/aromatic N) is 1. The van der Waals surface area contributed by atoms with E-state index in [2.05, 4.69) is 10.6 Å². The van der Waals surface area contributed by atoms with Crippen LogP contribution in [-0.2, 0) is 14.3 Å². The molecule has 0 spiro atoms. The van der Waals surface area contributed by atoms with Gasteiger partial charge in [0.15, 0.2) is 0 Å². The number of likely N-dealkylation sites (tertiary alicyclic amines) is 1. The molecule has 0 unspecified atom stereocenters. The van der Waals surface area contributed by atoms with Crippen LogP contribution in [0.3, 0.4) is 0 Å². The van der Waals surface area contributed by atoms with E-state index in [0.717, 1.165) is 25.7 Å². The molecule has 7 heteroatoms. The molecule has 1 saturated heterocycles. The normalized spacial score (nSPS) is 19.2. The van der Waals surface area contributed by atoms with Crippen molar-refractivity contribution in [3.8, 4) is 0 Å². The number of carbonyl (C=O) groups is 3. The maximum atomic E-state index is 12.1. The Morgan fingerprint density at radius 2 is 1.61 bits per heavy atom. The van der Waals surface area contributed by atoms with Gasteiger partial charge in [0.05, 0.1) is 0 Å². The zero-order valence-electron chi connectivity index (χ0n) is 17.7. The number of carbonyl (C=O) groups excluding carboxylic acids is 3. The number of piperidine rings is 1. The molecule has 1 aliphatic carbocycles. The van der Waals surface area contributed by atoms with Crippen molar-refractivity contribution in [3.05, 3.63) is 0 Å². The Morgan fingerprint density at radius 1 is 0.964 bits per heavy atom. The molecule has 1 heterocycles. The summed E-state index contributed by atoms with van der Waals surface area (Å²) in [5.74, 6) is 0.286. The molecule has 3 amide bonds. The Kier molecular flexibility index (Phi) is 8.58. The van der Waals surface area contributed by atoms with Crippen molar-refractivity contribution in [2.24, 2.45) is 5.92 Å². The summed E-state index contributed by atoms with van der Waals surface area (Å²) in [5.41, 5.74) is -0.489. The first-order valence-corrected chi connectivity index (χ1v) is 10.8. The van der Waals surface area contributed by atoms with E-state index in [1.165, 1.54) is 19.3 Å². The molecule has 0 aromatic rings. The highest BCUT2D eigenvalue weighted by atomic mass is 16.6. The third-order valence-electron chi connectivity index (χ3n) is 5.38. The Labute approximate surface area is 168 Å². The molecule has 2 N–H and O–H groups in total. The van der Waals surface area contributed by atoms with Crippen LogP contribution in [0.4, 0.5) is 4.79 Å². The van der Waals surface area contributed by atoms with Crippen molar-refractivity contribution >= 4 is 17.9 Å². The third kappa shape index (κ3) is 8.48. The van der Waals surface area contributed by atoms with E-state index in [4.69, 9.17) is 4.74 Å². The summed E-state index contributed by atoms with van der Waals surface area (Å²) >= 11 is 0. The summed E-state index contributed by atoms with van der Waals surface area (Å²) in [4.78, 5) is 37.9. The minimum atomic E-state index is -0.489. The van der Waals surface area contributed by atoms with Crippen molar-refractivity contribution in [3.63, 3.8) is 0 Å². The number of nitrogens with one attached hydrogen (secondary N) is 2. The van der Waals surface area contributed by atoms with Crippen LogP contribution in [0.25, 0.3) is 0 Å². The second kappa shape index (κ2) is 10.7. The zero-order valence-corrected chi connectivity index (χ0v) is 17.7. The summed E-state index contributed by atoms with van der Waals surface area (Å²) in [7, 11) is 0. The minimum absolute atomic E-state index is 0.0128. The number of hydrogen-bond donors (Lipinski definition) is 2. The van der Waals surface area contributed by atoms with Crippen molar-refractivity contribution in [2.75, 3.05) is 19.6 Å². The van der Waals surface area contributed by atoms with E-state index in [1.54, 1.807) is 4.90 Å². The Morgan fingerprint density at radius 3 is 2.21 bits per heavy atom. The SMILES string of the molecule is CC(C)(C)OC(=O)N1CCC(CC(=O)NCCC(=O)NC2CCCCC2)CC1. The third-order valence-corrected chi connectivity index (χ3v) is 5.38. The van der Waals surface area contributed by atoms with Crippen LogP contribution < -0.4 is 10.6 Å². The molecule has 0 aromatic heterocycles. The zero-order chi connectivity index (χ0) is 20.6. The van der Waals surface area contributed by atoms with Crippen LogP contribution in [0.1, 0.15) is 78.6 Å². The average Bonchev–Trinajstić information content (AvgIpc) is 2.61. The van der Waals surface area contributed by atoms with Crippen molar-refractivity contribution in [1.82, 2.24) is 15.5 Å². The molecular formula is C21H37N3O4. The Balaban J connectivity index is 1.57. The van der Waals surface area contributed by atoms with E-state index in [-0.39, 0.29) is 23.8 Å². The maximum Gasteiger partial charge on any atom is 0.410 e. The van der Waals surface area contributed by atoms with Gasteiger partial charge < -0.3 is 20.3 Å². The van der Waals surface area contributed by atoms with Gasteiger partial charge in [-0.25, -0.2) is 4.79 Å².